The SMILES string of the molecule is Cc1nn(C)c2sc(C(=O)NCCc3ccc(C(=O)O)cc3)cc12. The Kier molecular flexibility index (Phi) is 4.35. The van der Waals surface area contributed by atoms with Gasteiger partial charge < -0.3 is 10.4 Å². The van der Waals surface area contributed by atoms with Crippen molar-refractivity contribution in [2.45, 2.75) is 13.3 Å². The van der Waals surface area contributed by atoms with Crippen molar-refractivity contribution in [2.75, 3.05) is 6.54 Å². The zero-order valence-corrected chi connectivity index (χ0v) is 14.2. The van der Waals surface area contributed by atoms with Gasteiger partial charge in [-0.1, -0.05) is 12.1 Å². The molecule has 2 heterocycles. The molecule has 0 saturated heterocycles. The van der Waals surface area contributed by atoms with Crippen molar-refractivity contribution in [1.29, 1.82) is 0 Å². The summed E-state index contributed by atoms with van der Waals surface area (Å²) in [5.41, 5.74) is 2.16. The fourth-order valence-corrected chi connectivity index (χ4v) is 3.58. The van der Waals surface area contributed by atoms with Crippen LogP contribution in [0.4, 0.5) is 0 Å². The molecule has 1 aromatic carbocycles. The van der Waals surface area contributed by atoms with Crippen LogP contribution in [0.15, 0.2) is 30.3 Å². The highest BCUT2D eigenvalue weighted by atomic mass is 32.1. The molecule has 0 unspecified atom stereocenters. The van der Waals surface area contributed by atoms with Crippen LogP contribution >= 0.6 is 11.3 Å². The van der Waals surface area contributed by atoms with Crippen molar-refractivity contribution < 1.29 is 14.7 Å². The van der Waals surface area contributed by atoms with Gasteiger partial charge in [0.25, 0.3) is 5.91 Å². The van der Waals surface area contributed by atoms with Crippen LogP contribution in [-0.4, -0.2) is 33.3 Å². The fraction of sp³-hybridized carbons (Fsp3) is 0.235. The van der Waals surface area contributed by atoms with E-state index in [1.807, 2.05) is 20.0 Å². The molecule has 2 N–H and O–H groups in total. The van der Waals surface area contributed by atoms with E-state index in [1.165, 1.54) is 11.3 Å². The summed E-state index contributed by atoms with van der Waals surface area (Å²) in [6.45, 7) is 2.42. The minimum absolute atomic E-state index is 0.0993. The molecule has 0 aliphatic heterocycles. The standard InChI is InChI=1S/C17H17N3O3S/c1-10-13-9-14(24-16(13)20(2)19-10)15(21)18-8-7-11-3-5-12(6-4-11)17(22)23/h3-6,9H,7-8H2,1-2H3,(H,18,21)(H,22,23). The summed E-state index contributed by atoms with van der Waals surface area (Å²) < 4.78 is 1.79. The first kappa shape index (κ1) is 16.2. The Morgan fingerprint density at radius 3 is 2.62 bits per heavy atom. The Morgan fingerprint density at radius 1 is 1.29 bits per heavy atom. The highest BCUT2D eigenvalue weighted by molar-refractivity contribution is 7.20. The minimum Gasteiger partial charge on any atom is -0.478 e. The average Bonchev–Trinajstić information content (AvgIpc) is 3.10. The van der Waals surface area contributed by atoms with Gasteiger partial charge in [0.2, 0.25) is 0 Å². The number of amides is 1. The van der Waals surface area contributed by atoms with Crippen LogP contribution in [-0.2, 0) is 13.5 Å². The van der Waals surface area contributed by atoms with E-state index in [1.54, 1.807) is 28.9 Å². The predicted molar refractivity (Wildman–Crippen MR) is 92.8 cm³/mol. The van der Waals surface area contributed by atoms with Gasteiger partial charge in [-0.05, 0) is 37.1 Å². The summed E-state index contributed by atoms with van der Waals surface area (Å²) in [6.07, 6.45) is 0.650. The number of aromatic carboxylic acids is 1. The van der Waals surface area contributed by atoms with E-state index < -0.39 is 5.97 Å². The lowest BCUT2D eigenvalue weighted by molar-refractivity contribution is 0.0696. The number of hydrogen-bond donors (Lipinski definition) is 2. The first-order valence-electron chi connectivity index (χ1n) is 7.49. The molecule has 24 heavy (non-hydrogen) atoms. The Morgan fingerprint density at radius 2 is 2.00 bits per heavy atom. The summed E-state index contributed by atoms with van der Waals surface area (Å²) in [6, 6.07) is 8.55. The number of fused-ring (bicyclic) bond motifs is 1. The van der Waals surface area contributed by atoms with E-state index in [0.29, 0.717) is 17.8 Å². The lowest BCUT2D eigenvalue weighted by Crippen LogP contribution is -2.24. The van der Waals surface area contributed by atoms with Gasteiger partial charge >= 0.3 is 5.97 Å². The van der Waals surface area contributed by atoms with Gasteiger partial charge in [0.1, 0.15) is 4.83 Å². The predicted octanol–water partition coefficient (Wildman–Crippen LogP) is 2.61. The quantitative estimate of drug-likeness (QED) is 0.746. The molecule has 0 aliphatic carbocycles. The summed E-state index contributed by atoms with van der Waals surface area (Å²) in [7, 11) is 1.87. The third-order valence-corrected chi connectivity index (χ3v) is 5.02. The van der Waals surface area contributed by atoms with E-state index in [4.69, 9.17) is 5.11 Å². The Bertz CT molecular complexity index is 875. The number of aryl methyl sites for hydroxylation is 2. The van der Waals surface area contributed by atoms with Gasteiger partial charge in [-0.15, -0.1) is 11.3 Å². The molecule has 3 aromatic rings. The molecule has 7 heteroatoms. The van der Waals surface area contributed by atoms with Crippen LogP contribution in [0.5, 0.6) is 0 Å². The van der Waals surface area contributed by atoms with Crippen molar-refractivity contribution in [1.82, 2.24) is 15.1 Å². The monoisotopic (exact) mass is 343 g/mol. The maximum Gasteiger partial charge on any atom is 0.335 e. The summed E-state index contributed by atoms with van der Waals surface area (Å²) in [5, 5.41) is 17.1. The highest BCUT2D eigenvalue weighted by Gasteiger charge is 2.14. The number of nitrogens with one attached hydrogen (secondary N) is 1. The zero-order chi connectivity index (χ0) is 17.3. The second kappa shape index (κ2) is 6.45. The molecule has 0 bridgehead atoms. The Balaban J connectivity index is 1.60. The molecule has 0 saturated carbocycles. The van der Waals surface area contributed by atoms with E-state index in [-0.39, 0.29) is 11.5 Å². The molecule has 6 nitrogen and oxygen atoms in total. The molecule has 0 radical (unpaired) electrons. The smallest absolute Gasteiger partial charge is 0.335 e. The molecular formula is C17H17N3O3S. The number of carboxylic acid groups (broad SMARTS) is 1. The van der Waals surface area contributed by atoms with E-state index in [2.05, 4.69) is 10.4 Å². The highest BCUT2D eigenvalue weighted by Crippen LogP contribution is 2.27. The summed E-state index contributed by atoms with van der Waals surface area (Å²) in [4.78, 5) is 24.7. The lowest BCUT2D eigenvalue weighted by Gasteiger charge is -2.04. The second-order valence-electron chi connectivity index (χ2n) is 5.55. The van der Waals surface area contributed by atoms with Gasteiger partial charge in [0, 0.05) is 19.0 Å². The van der Waals surface area contributed by atoms with Crippen LogP contribution in [0, 0.1) is 6.92 Å². The van der Waals surface area contributed by atoms with Crippen molar-refractivity contribution >= 4 is 33.4 Å². The first-order valence-corrected chi connectivity index (χ1v) is 8.31. The number of carboxylic acids is 1. The van der Waals surface area contributed by atoms with E-state index in [0.717, 1.165) is 21.5 Å². The van der Waals surface area contributed by atoms with Crippen molar-refractivity contribution in [2.24, 2.45) is 7.05 Å². The molecule has 0 atom stereocenters. The van der Waals surface area contributed by atoms with Crippen LogP contribution in [0.25, 0.3) is 10.2 Å². The average molecular weight is 343 g/mol. The molecule has 124 valence electrons. The van der Waals surface area contributed by atoms with Gasteiger partial charge in [-0.3, -0.25) is 9.48 Å². The molecule has 0 spiro atoms. The number of nitrogens with zero attached hydrogens (tertiary/aromatic N) is 2. The number of rotatable bonds is 5. The molecule has 1 amide bonds. The number of thiophene rings is 1. The van der Waals surface area contributed by atoms with Crippen molar-refractivity contribution in [3.8, 4) is 0 Å². The normalized spacial score (nSPS) is 10.9. The molecular weight excluding hydrogens is 326 g/mol. The van der Waals surface area contributed by atoms with Crippen molar-refractivity contribution in [3.05, 3.63) is 52.0 Å². The third kappa shape index (κ3) is 3.16. The summed E-state index contributed by atoms with van der Waals surface area (Å²) in [5.74, 6) is -1.04. The Labute approximate surface area is 142 Å². The second-order valence-corrected chi connectivity index (χ2v) is 6.58. The van der Waals surface area contributed by atoms with Crippen LogP contribution in [0.2, 0.25) is 0 Å². The van der Waals surface area contributed by atoms with Crippen LogP contribution < -0.4 is 5.32 Å². The van der Waals surface area contributed by atoms with Gasteiger partial charge in [0.15, 0.2) is 0 Å². The van der Waals surface area contributed by atoms with Crippen molar-refractivity contribution in [3.63, 3.8) is 0 Å². The number of carbonyl (C=O) groups excluding carboxylic acids is 1. The maximum atomic E-state index is 12.3. The number of aromatic nitrogens is 2. The molecule has 2 aromatic heterocycles. The zero-order valence-electron chi connectivity index (χ0n) is 13.4. The fourth-order valence-electron chi connectivity index (χ4n) is 2.54. The molecule has 0 fully saturated rings. The molecule has 3 rings (SSSR count). The van der Waals surface area contributed by atoms with Gasteiger partial charge in [0.05, 0.1) is 16.1 Å². The first-order chi connectivity index (χ1) is 11.5. The third-order valence-electron chi connectivity index (χ3n) is 3.82. The van der Waals surface area contributed by atoms with E-state index >= 15 is 0 Å². The van der Waals surface area contributed by atoms with Gasteiger partial charge in [-0.25, -0.2) is 4.79 Å². The van der Waals surface area contributed by atoms with Crippen LogP contribution in [0.1, 0.15) is 31.3 Å². The maximum absolute atomic E-state index is 12.3. The topological polar surface area (TPSA) is 84.2 Å². The van der Waals surface area contributed by atoms with Crippen LogP contribution in [0.3, 0.4) is 0 Å². The number of carbonyl (C=O) groups is 2. The number of benzene rings is 1. The van der Waals surface area contributed by atoms with Gasteiger partial charge in [-0.2, -0.15) is 5.10 Å². The van der Waals surface area contributed by atoms with E-state index in [9.17, 15) is 9.59 Å². The summed E-state index contributed by atoms with van der Waals surface area (Å²) >= 11 is 1.43. The minimum atomic E-state index is -0.940. The lowest BCUT2D eigenvalue weighted by atomic mass is 10.1. The molecule has 0 aliphatic rings. The number of hydrogen-bond acceptors (Lipinski definition) is 4. The largest absolute Gasteiger partial charge is 0.478 e. The Hall–Kier alpha value is -2.67.